The summed E-state index contributed by atoms with van der Waals surface area (Å²) in [7, 11) is 0. The van der Waals surface area contributed by atoms with Crippen LogP contribution in [0.2, 0.25) is 0 Å². The minimum absolute atomic E-state index is 0.203. The van der Waals surface area contributed by atoms with Crippen molar-refractivity contribution in [2.75, 3.05) is 11.5 Å². The summed E-state index contributed by atoms with van der Waals surface area (Å²) in [6.45, 7) is 0. The lowest BCUT2D eigenvalue weighted by Gasteiger charge is -2.08. The van der Waals surface area contributed by atoms with Gasteiger partial charge in [0.25, 0.3) is 0 Å². The Bertz CT molecular complexity index is 613. The molecule has 0 atom stereocenters. The van der Waals surface area contributed by atoms with Gasteiger partial charge in [-0.15, -0.1) is 0 Å². The van der Waals surface area contributed by atoms with Gasteiger partial charge in [0.15, 0.2) is 11.5 Å². The Labute approximate surface area is 121 Å². The normalized spacial score (nSPS) is 9.90. The first-order valence-corrected chi connectivity index (χ1v) is 6.16. The Morgan fingerprint density at radius 1 is 0.762 bits per heavy atom. The van der Waals surface area contributed by atoms with Crippen molar-refractivity contribution in [1.29, 1.82) is 0 Å². The highest BCUT2D eigenvalue weighted by Crippen LogP contribution is 2.22. The molecule has 0 heterocycles. The van der Waals surface area contributed by atoms with Crippen LogP contribution in [0.25, 0.3) is 0 Å². The van der Waals surface area contributed by atoms with E-state index < -0.39 is 18.4 Å². The third-order valence-corrected chi connectivity index (χ3v) is 2.57. The summed E-state index contributed by atoms with van der Waals surface area (Å²) in [4.78, 5) is 23.3. The molecule has 0 unspecified atom stereocenters. The lowest BCUT2D eigenvalue weighted by Crippen LogP contribution is -2.18. The van der Waals surface area contributed by atoms with Crippen LogP contribution in [0.5, 0.6) is 11.5 Å². The molecule has 0 aliphatic heterocycles. The molecule has 2 aromatic rings. The van der Waals surface area contributed by atoms with Crippen molar-refractivity contribution in [1.82, 2.24) is 0 Å². The van der Waals surface area contributed by atoms with E-state index in [9.17, 15) is 9.59 Å². The van der Waals surface area contributed by atoms with Crippen LogP contribution in [0, 0.1) is 0 Å². The summed E-state index contributed by atoms with van der Waals surface area (Å²) in [6, 6.07) is 13.0. The van der Waals surface area contributed by atoms with E-state index in [1.807, 2.05) is 0 Å². The number of carbonyl (C=O) groups is 2. The second kappa shape index (κ2) is 6.42. The van der Waals surface area contributed by atoms with E-state index in [1.54, 1.807) is 36.4 Å². The molecule has 6 heteroatoms. The minimum atomic E-state index is -0.757. The zero-order valence-corrected chi connectivity index (χ0v) is 11.1. The van der Waals surface area contributed by atoms with Gasteiger partial charge in [0.1, 0.15) is 6.42 Å². The van der Waals surface area contributed by atoms with E-state index in [0.717, 1.165) is 0 Å². The second-order valence-corrected chi connectivity index (χ2v) is 4.20. The molecule has 0 saturated carbocycles. The average Bonchev–Trinajstić information content (AvgIpc) is 2.44. The molecule has 21 heavy (non-hydrogen) atoms. The smallest absolute Gasteiger partial charge is 0.322 e. The molecule has 0 spiro atoms. The largest absolute Gasteiger partial charge is 0.424 e. The highest BCUT2D eigenvalue weighted by molar-refractivity contribution is 5.93. The van der Waals surface area contributed by atoms with Gasteiger partial charge < -0.3 is 20.9 Å². The van der Waals surface area contributed by atoms with Gasteiger partial charge in [0, 0.05) is 0 Å². The van der Waals surface area contributed by atoms with Crippen LogP contribution < -0.4 is 20.9 Å². The molecule has 4 N–H and O–H groups in total. The molecule has 0 aliphatic carbocycles. The maximum absolute atomic E-state index is 11.6. The quantitative estimate of drug-likeness (QED) is 0.384. The van der Waals surface area contributed by atoms with Crippen molar-refractivity contribution in [3.8, 4) is 11.5 Å². The summed E-state index contributed by atoms with van der Waals surface area (Å²) in [5.74, 6) is -1.11. The Hall–Kier alpha value is -3.02. The third kappa shape index (κ3) is 3.97. The van der Waals surface area contributed by atoms with Gasteiger partial charge in [-0.25, -0.2) is 0 Å². The molecule has 0 aromatic heterocycles. The molecule has 2 aromatic carbocycles. The van der Waals surface area contributed by atoms with Gasteiger partial charge in [0.05, 0.1) is 11.4 Å². The number of anilines is 2. The molecule has 0 fully saturated rings. The fourth-order valence-corrected chi connectivity index (χ4v) is 1.58. The van der Waals surface area contributed by atoms with Crippen LogP contribution in [0.4, 0.5) is 11.4 Å². The average molecular weight is 286 g/mol. The van der Waals surface area contributed by atoms with E-state index in [4.69, 9.17) is 20.9 Å². The lowest BCUT2D eigenvalue weighted by atomic mass is 10.3. The van der Waals surface area contributed by atoms with Crippen molar-refractivity contribution >= 4 is 23.3 Å². The highest BCUT2D eigenvalue weighted by atomic mass is 16.6. The van der Waals surface area contributed by atoms with Crippen LogP contribution in [-0.2, 0) is 9.59 Å². The van der Waals surface area contributed by atoms with Crippen molar-refractivity contribution in [2.24, 2.45) is 0 Å². The maximum atomic E-state index is 11.6. The van der Waals surface area contributed by atoms with Crippen molar-refractivity contribution in [3.05, 3.63) is 48.5 Å². The standard InChI is InChI=1S/C15H14N2O4/c16-10-5-1-3-7-12(10)20-14(18)9-15(19)21-13-8-4-2-6-11(13)17/h1-8H,9,16-17H2. The predicted octanol–water partition coefficient (Wildman–Crippen LogP) is 1.75. The van der Waals surface area contributed by atoms with E-state index in [0.29, 0.717) is 11.4 Å². The molecule has 0 saturated heterocycles. The van der Waals surface area contributed by atoms with Gasteiger partial charge >= 0.3 is 11.9 Å². The van der Waals surface area contributed by atoms with E-state index in [2.05, 4.69) is 0 Å². The summed E-state index contributed by atoms with van der Waals surface area (Å²) < 4.78 is 9.98. The predicted molar refractivity (Wildman–Crippen MR) is 77.6 cm³/mol. The lowest BCUT2D eigenvalue weighted by molar-refractivity contribution is -0.144. The van der Waals surface area contributed by atoms with Gasteiger partial charge in [-0.3, -0.25) is 9.59 Å². The molecule has 2 rings (SSSR count). The van der Waals surface area contributed by atoms with E-state index in [1.165, 1.54) is 12.1 Å². The molecule has 0 bridgehead atoms. The Morgan fingerprint density at radius 3 is 1.52 bits per heavy atom. The third-order valence-electron chi connectivity index (χ3n) is 2.57. The van der Waals surface area contributed by atoms with Crippen LogP contribution in [-0.4, -0.2) is 11.9 Å². The summed E-state index contributed by atoms with van der Waals surface area (Å²) in [5.41, 5.74) is 11.9. The zero-order chi connectivity index (χ0) is 15.2. The Morgan fingerprint density at radius 2 is 1.14 bits per heavy atom. The second-order valence-electron chi connectivity index (χ2n) is 4.20. The van der Waals surface area contributed by atoms with Gasteiger partial charge in [0.2, 0.25) is 0 Å². The maximum Gasteiger partial charge on any atom is 0.322 e. The van der Waals surface area contributed by atoms with E-state index >= 15 is 0 Å². The fraction of sp³-hybridized carbons (Fsp3) is 0.0667. The molecule has 0 radical (unpaired) electrons. The SMILES string of the molecule is Nc1ccccc1OC(=O)CC(=O)Oc1ccccc1N. The van der Waals surface area contributed by atoms with Crippen LogP contribution >= 0.6 is 0 Å². The number of rotatable bonds is 4. The fourth-order valence-electron chi connectivity index (χ4n) is 1.58. The van der Waals surface area contributed by atoms with Crippen LogP contribution in [0.15, 0.2) is 48.5 Å². The molecule has 0 aliphatic rings. The summed E-state index contributed by atoms with van der Waals surface area (Å²) >= 11 is 0. The van der Waals surface area contributed by atoms with Gasteiger partial charge in [-0.05, 0) is 24.3 Å². The summed E-state index contributed by atoms with van der Waals surface area (Å²) in [5, 5.41) is 0. The molecule has 108 valence electrons. The number of hydrogen-bond donors (Lipinski definition) is 2. The summed E-state index contributed by atoms with van der Waals surface area (Å²) in [6.07, 6.45) is -0.539. The number of para-hydroxylation sites is 4. The number of hydrogen-bond acceptors (Lipinski definition) is 6. The number of benzene rings is 2. The number of nitrogen functional groups attached to an aromatic ring is 2. The van der Waals surface area contributed by atoms with Gasteiger partial charge in [-0.2, -0.15) is 0 Å². The van der Waals surface area contributed by atoms with Crippen molar-refractivity contribution < 1.29 is 19.1 Å². The first-order valence-electron chi connectivity index (χ1n) is 6.16. The first kappa shape index (κ1) is 14.4. The topological polar surface area (TPSA) is 105 Å². The molecule has 6 nitrogen and oxygen atoms in total. The van der Waals surface area contributed by atoms with E-state index in [-0.39, 0.29) is 11.5 Å². The molecular weight excluding hydrogens is 272 g/mol. The number of carbonyl (C=O) groups excluding carboxylic acids is 2. The monoisotopic (exact) mass is 286 g/mol. The Kier molecular flexibility index (Phi) is 4.40. The number of ether oxygens (including phenoxy) is 2. The number of esters is 2. The number of nitrogens with two attached hydrogens (primary N) is 2. The first-order chi connectivity index (χ1) is 10.1. The molecule has 0 amide bonds. The molecular formula is C15H14N2O4. The highest BCUT2D eigenvalue weighted by Gasteiger charge is 2.15. The van der Waals surface area contributed by atoms with Crippen molar-refractivity contribution in [2.45, 2.75) is 6.42 Å². The van der Waals surface area contributed by atoms with Crippen LogP contribution in [0.1, 0.15) is 6.42 Å². The van der Waals surface area contributed by atoms with Gasteiger partial charge in [-0.1, -0.05) is 24.3 Å². The minimum Gasteiger partial charge on any atom is -0.424 e. The van der Waals surface area contributed by atoms with Crippen molar-refractivity contribution in [3.63, 3.8) is 0 Å². The zero-order valence-electron chi connectivity index (χ0n) is 11.1. The Balaban J connectivity index is 1.93. The van der Waals surface area contributed by atoms with Crippen LogP contribution in [0.3, 0.4) is 0 Å².